The first-order valence-electron chi connectivity index (χ1n) is 4.99. The van der Waals surface area contributed by atoms with Crippen molar-refractivity contribution in [1.29, 1.82) is 0 Å². The molecule has 0 aromatic heterocycles. The molecule has 0 saturated carbocycles. The van der Waals surface area contributed by atoms with Gasteiger partial charge in [0.2, 0.25) is 10.0 Å². The summed E-state index contributed by atoms with van der Waals surface area (Å²) in [5.74, 6) is 0.363. The van der Waals surface area contributed by atoms with Crippen LogP contribution in [-0.2, 0) is 10.0 Å². The van der Waals surface area contributed by atoms with Crippen LogP contribution >= 0.6 is 0 Å². The molecule has 16 heavy (non-hydrogen) atoms. The molecule has 88 valence electrons. The number of ether oxygens (including phenoxy) is 1. The van der Waals surface area contributed by atoms with E-state index in [-0.39, 0.29) is 10.9 Å². The zero-order valence-corrected chi connectivity index (χ0v) is 9.75. The molecular weight excluding hydrogens is 228 g/mol. The van der Waals surface area contributed by atoms with E-state index < -0.39 is 10.0 Å². The number of hydrogen-bond acceptors (Lipinski definition) is 4. The third kappa shape index (κ3) is 2.18. The minimum Gasteiger partial charge on any atom is -0.495 e. The fourth-order valence-electron chi connectivity index (χ4n) is 1.50. The van der Waals surface area contributed by atoms with E-state index in [1.807, 2.05) is 0 Å². The number of sulfonamides is 1. The molecule has 1 aromatic carbocycles. The van der Waals surface area contributed by atoms with Crippen LogP contribution in [0.4, 0.5) is 0 Å². The number of hydrogen-bond donors (Lipinski definition) is 2. The monoisotopic (exact) mass is 242 g/mol. The van der Waals surface area contributed by atoms with E-state index in [1.54, 1.807) is 18.2 Å². The van der Waals surface area contributed by atoms with Crippen molar-refractivity contribution in [3.8, 4) is 5.75 Å². The second-order valence-electron chi connectivity index (χ2n) is 3.63. The van der Waals surface area contributed by atoms with Crippen LogP contribution in [0.15, 0.2) is 29.2 Å². The summed E-state index contributed by atoms with van der Waals surface area (Å²) in [6, 6.07) is 6.56. The van der Waals surface area contributed by atoms with Crippen molar-refractivity contribution in [3.05, 3.63) is 24.3 Å². The maximum absolute atomic E-state index is 12.0. The van der Waals surface area contributed by atoms with Crippen molar-refractivity contribution in [2.75, 3.05) is 20.2 Å². The zero-order valence-electron chi connectivity index (χ0n) is 8.93. The lowest BCUT2D eigenvalue weighted by atomic mass is 10.2. The topological polar surface area (TPSA) is 67.4 Å². The van der Waals surface area contributed by atoms with Crippen molar-refractivity contribution < 1.29 is 13.2 Å². The predicted octanol–water partition coefficient (Wildman–Crippen LogP) is -0.0547. The average Bonchev–Trinajstić information content (AvgIpc) is 2.24. The third-order valence-electron chi connectivity index (χ3n) is 2.46. The van der Waals surface area contributed by atoms with Crippen molar-refractivity contribution in [1.82, 2.24) is 10.0 Å². The van der Waals surface area contributed by atoms with Crippen molar-refractivity contribution in [2.24, 2.45) is 0 Å². The highest BCUT2D eigenvalue weighted by Gasteiger charge is 2.26. The largest absolute Gasteiger partial charge is 0.495 e. The Bertz CT molecular complexity index is 469. The molecule has 1 fully saturated rings. The molecule has 0 unspecified atom stereocenters. The molecule has 1 aliphatic rings. The van der Waals surface area contributed by atoms with E-state index in [1.165, 1.54) is 13.2 Å². The van der Waals surface area contributed by atoms with Crippen molar-refractivity contribution >= 4 is 10.0 Å². The van der Waals surface area contributed by atoms with Gasteiger partial charge in [-0.25, -0.2) is 13.1 Å². The second kappa shape index (κ2) is 4.40. The highest BCUT2D eigenvalue weighted by Crippen LogP contribution is 2.22. The lowest BCUT2D eigenvalue weighted by Crippen LogP contribution is -2.56. The first kappa shape index (κ1) is 11.4. The third-order valence-corrected chi connectivity index (χ3v) is 4.02. The summed E-state index contributed by atoms with van der Waals surface area (Å²) in [6.45, 7) is 1.35. The van der Waals surface area contributed by atoms with Gasteiger partial charge in [-0.15, -0.1) is 0 Å². The second-order valence-corrected chi connectivity index (χ2v) is 5.31. The molecule has 1 saturated heterocycles. The van der Waals surface area contributed by atoms with Crippen LogP contribution in [0.25, 0.3) is 0 Å². The molecule has 1 aliphatic heterocycles. The van der Waals surface area contributed by atoms with E-state index >= 15 is 0 Å². The zero-order chi connectivity index (χ0) is 11.6. The fraction of sp³-hybridized carbons (Fsp3) is 0.400. The summed E-state index contributed by atoms with van der Waals surface area (Å²) < 4.78 is 31.6. The maximum atomic E-state index is 12.0. The molecule has 2 rings (SSSR count). The van der Waals surface area contributed by atoms with E-state index in [9.17, 15) is 8.42 Å². The predicted molar refractivity (Wildman–Crippen MR) is 60.0 cm³/mol. The average molecular weight is 242 g/mol. The summed E-state index contributed by atoms with van der Waals surface area (Å²) >= 11 is 0. The number of para-hydroxylation sites is 1. The molecule has 5 nitrogen and oxygen atoms in total. The van der Waals surface area contributed by atoms with Gasteiger partial charge in [-0.2, -0.15) is 0 Å². The molecular formula is C10H14N2O3S. The van der Waals surface area contributed by atoms with Gasteiger partial charge in [-0.05, 0) is 12.1 Å². The standard InChI is InChI=1S/C10H14N2O3S/c1-15-9-4-2-3-5-10(9)16(13,14)12-8-6-11-7-8/h2-5,8,11-12H,6-7H2,1H3. The highest BCUT2D eigenvalue weighted by atomic mass is 32.2. The van der Waals surface area contributed by atoms with Gasteiger partial charge in [0.1, 0.15) is 10.6 Å². The van der Waals surface area contributed by atoms with Gasteiger partial charge >= 0.3 is 0 Å². The van der Waals surface area contributed by atoms with E-state index in [0.717, 1.165) is 0 Å². The van der Waals surface area contributed by atoms with Gasteiger partial charge in [0.25, 0.3) is 0 Å². The Kier molecular flexibility index (Phi) is 3.13. The van der Waals surface area contributed by atoms with Crippen LogP contribution in [0.3, 0.4) is 0 Å². The van der Waals surface area contributed by atoms with Crippen molar-refractivity contribution in [3.63, 3.8) is 0 Å². The SMILES string of the molecule is COc1ccccc1S(=O)(=O)NC1CNC1. The summed E-state index contributed by atoms with van der Waals surface area (Å²) in [6.07, 6.45) is 0. The Morgan fingerprint density at radius 3 is 2.62 bits per heavy atom. The molecule has 0 radical (unpaired) electrons. The molecule has 2 N–H and O–H groups in total. The van der Waals surface area contributed by atoms with E-state index in [0.29, 0.717) is 18.8 Å². The van der Waals surface area contributed by atoms with Crippen LogP contribution in [0, 0.1) is 0 Å². The van der Waals surface area contributed by atoms with E-state index in [2.05, 4.69) is 10.0 Å². The number of rotatable bonds is 4. The first-order chi connectivity index (χ1) is 7.63. The van der Waals surface area contributed by atoms with Crippen LogP contribution in [0.1, 0.15) is 0 Å². The van der Waals surface area contributed by atoms with Crippen LogP contribution < -0.4 is 14.8 Å². The quantitative estimate of drug-likeness (QED) is 0.776. The van der Waals surface area contributed by atoms with Crippen LogP contribution in [0.2, 0.25) is 0 Å². The fourth-order valence-corrected chi connectivity index (χ4v) is 2.90. The maximum Gasteiger partial charge on any atom is 0.244 e. The number of nitrogens with one attached hydrogen (secondary N) is 2. The first-order valence-corrected chi connectivity index (χ1v) is 6.48. The Morgan fingerprint density at radius 1 is 1.38 bits per heavy atom. The van der Waals surface area contributed by atoms with Crippen molar-refractivity contribution in [2.45, 2.75) is 10.9 Å². The summed E-state index contributed by atoms with van der Waals surface area (Å²) in [4.78, 5) is 0.185. The van der Waals surface area contributed by atoms with Crippen LogP contribution in [0.5, 0.6) is 5.75 Å². The lowest BCUT2D eigenvalue weighted by molar-refractivity contribution is 0.395. The summed E-state index contributed by atoms with van der Waals surface area (Å²) in [5.41, 5.74) is 0. The minimum atomic E-state index is -3.48. The van der Waals surface area contributed by atoms with Gasteiger partial charge < -0.3 is 10.1 Å². The molecule has 6 heteroatoms. The lowest BCUT2D eigenvalue weighted by Gasteiger charge is -2.27. The molecule has 1 heterocycles. The Labute approximate surface area is 94.9 Å². The molecule has 0 atom stereocenters. The smallest absolute Gasteiger partial charge is 0.244 e. The Morgan fingerprint density at radius 2 is 2.06 bits per heavy atom. The van der Waals surface area contributed by atoms with Gasteiger partial charge in [-0.3, -0.25) is 0 Å². The normalized spacial score (nSPS) is 16.8. The van der Waals surface area contributed by atoms with Gasteiger partial charge in [0.15, 0.2) is 0 Å². The minimum absolute atomic E-state index is 0.0186. The molecule has 1 aromatic rings. The molecule has 0 amide bonds. The highest BCUT2D eigenvalue weighted by molar-refractivity contribution is 7.89. The molecule has 0 bridgehead atoms. The van der Waals surface area contributed by atoms with E-state index in [4.69, 9.17) is 4.74 Å². The van der Waals surface area contributed by atoms with Crippen LogP contribution in [-0.4, -0.2) is 34.7 Å². The van der Waals surface area contributed by atoms with Gasteiger partial charge in [0, 0.05) is 19.1 Å². The summed E-state index contributed by atoms with van der Waals surface area (Å²) in [7, 11) is -2.02. The summed E-state index contributed by atoms with van der Waals surface area (Å²) in [5, 5.41) is 3.01. The number of benzene rings is 1. The Balaban J connectivity index is 2.27. The molecule has 0 spiro atoms. The number of methoxy groups -OCH3 is 1. The molecule has 0 aliphatic carbocycles. The van der Waals surface area contributed by atoms with Gasteiger partial charge in [0.05, 0.1) is 7.11 Å². The van der Waals surface area contributed by atoms with Gasteiger partial charge in [-0.1, -0.05) is 12.1 Å². The Hall–Kier alpha value is -1.11.